The SMILES string of the molecule is COc1ccc(CNCC(C)C)c(OCCCSC)c1. The van der Waals surface area contributed by atoms with E-state index in [4.69, 9.17) is 9.47 Å². The van der Waals surface area contributed by atoms with Gasteiger partial charge in [-0.15, -0.1) is 0 Å². The zero-order chi connectivity index (χ0) is 14.8. The molecule has 0 heterocycles. The predicted octanol–water partition coefficient (Wildman–Crippen LogP) is 3.57. The molecule has 0 bridgehead atoms. The molecule has 114 valence electrons. The Morgan fingerprint density at radius 2 is 2.10 bits per heavy atom. The fourth-order valence-corrected chi connectivity index (χ4v) is 2.23. The minimum Gasteiger partial charge on any atom is -0.497 e. The zero-order valence-electron chi connectivity index (χ0n) is 13.1. The van der Waals surface area contributed by atoms with Crippen LogP contribution in [0.4, 0.5) is 0 Å². The van der Waals surface area contributed by atoms with Crippen molar-refractivity contribution in [3.63, 3.8) is 0 Å². The molecule has 0 atom stereocenters. The standard InChI is InChI=1S/C16H27NO2S/c1-13(2)11-17-12-14-6-7-15(18-3)10-16(14)19-8-5-9-20-4/h6-7,10,13,17H,5,8-9,11-12H2,1-4H3. The summed E-state index contributed by atoms with van der Waals surface area (Å²) in [5.41, 5.74) is 1.19. The van der Waals surface area contributed by atoms with Gasteiger partial charge in [-0.3, -0.25) is 0 Å². The van der Waals surface area contributed by atoms with Crippen LogP contribution in [-0.4, -0.2) is 32.3 Å². The van der Waals surface area contributed by atoms with Crippen LogP contribution in [0, 0.1) is 5.92 Å². The van der Waals surface area contributed by atoms with Crippen LogP contribution in [0.3, 0.4) is 0 Å². The van der Waals surface area contributed by atoms with E-state index in [0.29, 0.717) is 5.92 Å². The highest BCUT2D eigenvalue weighted by molar-refractivity contribution is 7.98. The first-order chi connectivity index (χ1) is 9.67. The lowest BCUT2D eigenvalue weighted by atomic mass is 10.1. The minimum absolute atomic E-state index is 0.652. The van der Waals surface area contributed by atoms with Gasteiger partial charge in [-0.2, -0.15) is 11.8 Å². The molecule has 1 aromatic carbocycles. The van der Waals surface area contributed by atoms with Crippen molar-refractivity contribution in [2.45, 2.75) is 26.8 Å². The third-order valence-corrected chi connectivity index (χ3v) is 3.59. The molecule has 1 aromatic rings. The van der Waals surface area contributed by atoms with Crippen LogP contribution in [0.2, 0.25) is 0 Å². The first-order valence-electron chi connectivity index (χ1n) is 7.16. The van der Waals surface area contributed by atoms with E-state index in [1.807, 2.05) is 23.9 Å². The molecule has 0 fully saturated rings. The smallest absolute Gasteiger partial charge is 0.127 e. The van der Waals surface area contributed by atoms with E-state index in [1.54, 1.807) is 7.11 Å². The third kappa shape index (κ3) is 6.53. The number of thioether (sulfide) groups is 1. The fourth-order valence-electron chi connectivity index (χ4n) is 1.82. The van der Waals surface area contributed by atoms with Gasteiger partial charge in [0.05, 0.1) is 13.7 Å². The summed E-state index contributed by atoms with van der Waals surface area (Å²) in [6, 6.07) is 6.04. The lowest BCUT2D eigenvalue weighted by Gasteiger charge is -2.14. The number of nitrogens with one attached hydrogen (secondary N) is 1. The molecule has 0 radical (unpaired) electrons. The van der Waals surface area contributed by atoms with Crippen LogP contribution in [-0.2, 0) is 6.54 Å². The second-order valence-electron chi connectivity index (χ2n) is 5.19. The van der Waals surface area contributed by atoms with Gasteiger partial charge in [-0.25, -0.2) is 0 Å². The molecule has 0 amide bonds. The van der Waals surface area contributed by atoms with Crippen molar-refractivity contribution in [3.8, 4) is 11.5 Å². The molecule has 0 spiro atoms. The highest BCUT2D eigenvalue weighted by atomic mass is 32.2. The molecule has 3 nitrogen and oxygen atoms in total. The van der Waals surface area contributed by atoms with Gasteiger partial charge in [-0.1, -0.05) is 19.9 Å². The van der Waals surface area contributed by atoms with Crippen molar-refractivity contribution < 1.29 is 9.47 Å². The number of rotatable bonds is 10. The van der Waals surface area contributed by atoms with Crippen LogP contribution in [0.25, 0.3) is 0 Å². The Balaban J connectivity index is 2.60. The summed E-state index contributed by atoms with van der Waals surface area (Å²) in [6.45, 7) is 7.02. The Hall–Kier alpha value is -0.870. The summed E-state index contributed by atoms with van der Waals surface area (Å²) in [7, 11) is 1.68. The van der Waals surface area contributed by atoms with Gasteiger partial charge in [0, 0.05) is 18.2 Å². The first kappa shape index (κ1) is 17.2. The molecule has 0 aromatic heterocycles. The number of benzene rings is 1. The summed E-state index contributed by atoms with van der Waals surface area (Å²) in [5, 5.41) is 3.46. The van der Waals surface area contributed by atoms with Gasteiger partial charge in [0.1, 0.15) is 11.5 Å². The summed E-state index contributed by atoms with van der Waals surface area (Å²) >= 11 is 1.85. The Morgan fingerprint density at radius 3 is 2.75 bits per heavy atom. The highest BCUT2D eigenvalue weighted by Gasteiger charge is 2.06. The van der Waals surface area contributed by atoms with E-state index >= 15 is 0 Å². The molecule has 20 heavy (non-hydrogen) atoms. The monoisotopic (exact) mass is 297 g/mol. The zero-order valence-corrected chi connectivity index (χ0v) is 13.9. The van der Waals surface area contributed by atoms with E-state index in [9.17, 15) is 0 Å². The van der Waals surface area contributed by atoms with Gasteiger partial charge in [0.2, 0.25) is 0 Å². The molecule has 4 heteroatoms. The first-order valence-corrected chi connectivity index (χ1v) is 8.56. The number of methoxy groups -OCH3 is 1. The van der Waals surface area contributed by atoms with Gasteiger partial charge < -0.3 is 14.8 Å². The summed E-state index contributed by atoms with van der Waals surface area (Å²) < 4.78 is 11.2. The second-order valence-corrected chi connectivity index (χ2v) is 6.18. The van der Waals surface area contributed by atoms with Gasteiger partial charge >= 0.3 is 0 Å². The van der Waals surface area contributed by atoms with Crippen molar-refractivity contribution in [1.29, 1.82) is 0 Å². The second kappa shape index (κ2) is 9.94. The molecular formula is C16H27NO2S. The Morgan fingerprint density at radius 1 is 1.30 bits per heavy atom. The summed E-state index contributed by atoms with van der Waals surface area (Å²) in [5.74, 6) is 3.56. The van der Waals surface area contributed by atoms with Crippen molar-refractivity contribution in [2.75, 3.05) is 32.3 Å². The van der Waals surface area contributed by atoms with E-state index in [2.05, 4.69) is 31.5 Å². The molecule has 0 aliphatic rings. The van der Waals surface area contributed by atoms with Crippen LogP contribution in [0.1, 0.15) is 25.8 Å². The van der Waals surface area contributed by atoms with Crippen LogP contribution >= 0.6 is 11.8 Å². The Labute approximate surface area is 127 Å². The third-order valence-electron chi connectivity index (χ3n) is 2.89. The van der Waals surface area contributed by atoms with Crippen molar-refractivity contribution in [1.82, 2.24) is 5.32 Å². The average Bonchev–Trinajstić information content (AvgIpc) is 2.44. The minimum atomic E-state index is 0.652. The van der Waals surface area contributed by atoms with E-state index in [1.165, 1.54) is 5.56 Å². The van der Waals surface area contributed by atoms with Gasteiger partial charge in [0.15, 0.2) is 0 Å². The number of hydrogen-bond donors (Lipinski definition) is 1. The molecular weight excluding hydrogens is 270 g/mol. The molecule has 0 aliphatic heterocycles. The lowest BCUT2D eigenvalue weighted by Crippen LogP contribution is -2.19. The largest absolute Gasteiger partial charge is 0.497 e. The van der Waals surface area contributed by atoms with Gasteiger partial charge in [0.25, 0.3) is 0 Å². The maximum Gasteiger partial charge on any atom is 0.127 e. The predicted molar refractivity (Wildman–Crippen MR) is 88.0 cm³/mol. The summed E-state index contributed by atoms with van der Waals surface area (Å²) in [4.78, 5) is 0. The molecule has 1 N–H and O–H groups in total. The molecule has 0 unspecified atom stereocenters. The molecule has 0 aliphatic carbocycles. The molecule has 1 rings (SSSR count). The van der Waals surface area contributed by atoms with E-state index in [0.717, 1.165) is 43.4 Å². The van der Waals surface area contributed by atoms with E-state index in [-0.39, 0.29) is 0 Å². The normalized spacial score (nSPS) is 10.8. The number of hydrogen-bond acceptors (Lipinski definition) is 4. The Kier molecular flexibility index (Phi) is 8.54. The maximum absolute atomic E-state index is 5.91. The van der Waals surface area contributed by atoms with E-state index < -0.39 is 0 Å². The van der Waals surface area contributed by atoms with Crippen LogP contribution in [0.5, 0.6) is 11.5 Å². The number of ether oxygens (including phenoxy) is 2. The topological polar surface area (TPSA) is 30.5 Å². The van der Waals surface area contributed by atoms with Crippen molar-refractivity contribution >= 4 is 11.8 Å². The molecule has 0 saturated heterocycles. The Bertz CT molecular complexity index is 383. The maximum atomic E-state index is 5.91. The van der Waals surface area contributed by atoms with Crippen LogP contribution < -0.4 is 14.8 Å². The summed E-state index contributed by atoms with van der Waals surface area (Å²) in [6.07, 6.45) is 3.18. The lowest BCUT2D eigenvalue weighted by molar-refractivity contribution is 0.311. The average molecular weight is 297 g/mol. The van der Waals surface area contributed by atoms with Crippen LogP contribution in [0.15, 0.2) is 18.2 Å². The highest BCUT2D eigenvalue weighted by Crippen LogP contribution is 2.25. The van der Waals surface area contributed by atoms with Crippen molar-refractivity contribution in [2.24, 2.45) is 5.92 Å². The van der Waals surface area contributed by atoms with Gasteiger partial charge in [-0.05, 0) is 37.0 Å². The molecule has 0 saturated carbocycles. The van der Waals surface area contributed by atoms with Crippen molar-refractivity contribution in [3.05, 3.63) is 23.8 Å². The quantitative estimate of drug-likeness (QED) is 0.669. The fraction of sp³-hybridized carbons (Fsp3) is 0.625.